The number of ketones is 2. The number of hydrazine groups is 1. The number of anilines is 1. The molecule has 3 N–H and O–H groups in total. The van der Waals surface area contributed by atoms with Gasteiger partial charge in [-0.05, 0) is 90.1 Å². The van der Waals surface area contributed by atoms with Gasteiger partial charge in [0, 0.05) is 11.4 Å². The fourth-order valence-electron chi connectivity index (χ4n) is 4.27. The van der Waals surface area contributed by atoms with Gasteiger partial charge >= 0.3 is 17.9 Å². The molecule has 14 nitrogen and oxygen atoms in total. The SMILES string of the molecule is CCOC(=O)C(=O)CC(C)=O.CCOC(=O)c1cc(C)n(-c2ccccc2)n1.CCOC(=O)c1cc(C)nn1-c1ccccc1.NNc1ccccc1. The predicted molar refractivity (Wildman–Crippen MR) is 200 cm³/mol. The molecule has 0 amide bonds. The standard InChI is InChI=1S/2C13H14N2O2.C7H10O4.C6H8N2/c1-3-17-13(16)12-9-10(2)15(14-12)11-7-5-4-6-8-11;1-3-17-13(16)12-9-10(2)14-15(12)11-7-5-4-6-8-11;1-3-11-7(10)6(9)4-5(2)8;7-8-6-4-2-1-3-5-6/h2*4-9H,3H2,1-2H3;3-4H2,1-2H3;1-5,8H,7H2. The number of rotatable bonds is 11. The maximum absolute atomic E-state index is 11.8. The molecule has 2 heterocycles. The Morgan fingerprint density at radius 3 is 1.62 bits per heavy atom. The van der Waals surface area contributed by atoms with Gasteiger partial charge in [0.1, 0.15) is 5.78 Å². The molecule has 0 bridgehead atoms. The Labute approximate surface area is 308 Å². The first-order chi connectivity index (χ1) is 25.4. The molecule has 0 spiro atoms. The van der Waals surface area contributed by atoms with Gasteiger partial charge in [-0.2, -0.15) is 10.2 Å². The quantitative estimate of drug-likeness (QED) is 0.0418. The average molecular weight is 727 g/mol. The second-order valence-corrected chi connectivity index (χ2v) is 10.8. The summed E-state index contributed by atoms with van der Waals surface area (Å²) in [5.74, 6) is 2.33. The van der Waals surface area contributed by atoms with Gasteiger partial charge in [-0.25, -0.2) is 23.7 Å². The number of ether oxygens (including phenoxy) is 3. The van der Waals surface area contributed by atoms with E-state index in [1.54, 1.807) is 42.3 Å². The van der Waals surface area contributed by atoms with E-state index in [0.29, 0.717) is 24.6 Å². The molecule has 0 radical (unpaired) electrons. The van der Waals surface area contributed by atoms with Crippen LogP contribution in [0.4, 0.5) is 5.69 Å². The van der Waals surface area contributed by atoms with Gasteiger partial charge in [0.2, 0.25) is 5.78 Å². The number of Topliss-reactive ketones (excluding diaryl/α,β-unsaturated/α-hetero) is 2. The second kappa shape index (κ2) is 23.1. The van der Waals surface area contributed by atoms with Crippen LogP contribution in [0.15, 0.2) is 103 Å². The molecule has 0 aliphatic rings. The molecule has 5 aromatic rings. The molecule has 0 atom stereocenters. The van der Waals surface area contributed by atoms with Crippen LogP contribution < -0.4 is 11.3 Å². The van der Waals surface area contributed by atoms with Gasteiger partial charge in [0.15, 0.2) is 11.4 Å². The lowest BCUT2D eigenvalue weighted by Crippen LogP contribution is -2.19. The van der Waals surface area contributed by atoms with Gasteiger partial charge in [-0.15, -0.1) is 0 Å². The van der Waals surface area contributed by atoms with Crippen LogP contribution in [0.3, 0.4) is 0 Å². The number of carbonyl (C=O) groups excluding carboxylic acids is 5. The van der Waals surface area contributed by atoms with E-state index in [1.165, 1.54) is 6.92 Å². The number of nitrogens with zero attached hydrogens (tertiary/aromatic N) is 4. The molecule has 0 saturated carbocycles. The van der Waals surface area contributed by atoms with Crippen LogP contribution in [0.5, 0.6) is 0 Å². The number of hydrogen-bond acceptors (Lipinski definition) is 12. The highest BCUT2D eigenvalue weighted by atomic mass is 16.5. The first kappa shape index (κ1) is 42.8. The van der Waals surface area contributed by atoms with Crippen LogP contribution in [-0.2, 0) is 28.6 Å². The van der Waals surface area contributed by atoms with Crippen molar-refractivity contribution in [3.63, 3.8) is 0 Å². The molecule has 0 fully saturated rings. The third-order valence-electron chi connectivity index (χ3n) is 6.54. The van der Waals surface area contributed by atoms with Crippen LogP contribution in [0, 0.1) is 13.8 Å². The van der Waals surface area contributed by atoms with E-state index in [2.05, 4.69) is 20.4 Å². The maximum atomic E-state index is 11.8. The summed E-state index contributed by atoms with van der Waals surface area (Å²) in [6.07, 6.45) is -0.362. The largest absolute Gasteiger partial charge is 0.461 e. The highest BCUT2D eigenvalue weighted by molar-refractivity contribution is 6.36. The predicted octanol–water partition coefficient (Wildman–Crippen LogP) is 5.78. The monoisotopic (exact) mass is 726 g/mol. The number of nitrogens with one attached hydrogen (secondary N) is 1. The van der Waals surface area contributed by atoms with Crippen molar-refractivity contribution >= 4 is 35.2 Å². The van der Waals surface area contributed by atoms with Crippen molar-refractivity contribution < 1.29 is 38.2 Å². The lowest BCUT2D eigenvalue weighted by Gasteiger charge is -2.06. The van der Waals surface area contributed by atoms with E-state index in [-0.39, 0.29) is 30.7 Å². The van der Waals surface area contributed by atoms with E-state index < -0.39 is 11.8 Å². The maximum Gasteiger partial charge on any atom is 0.375 e. The Morgan fingerprint density at radius 1 is 0.660 bits per heavy atom. The minimum absolute atomic E-state index is 0.155. The molecule has 0 saturated heterocycles. The summed E-state index contributed by atoms with van der Waals surface area (Å²) < 4.78 is 17.6. The number of hydrogen-bond donors (Lipinski definition) is 2. The van der Waals surface area contributed by atoms with Gasteiger partial charge in [0.05, 0.1) is 43.3 Å². The topological polar surface area (TPSA) is 187 Å². The zero-order chi connectivity index (χ0) is 39.2. The highest BCUT2D eigenvalue weighted by Gasteiger charge is 2.17. The third kappa shape index (κ3) is 14.8. The Morgan fingerprint density at radius 2 is 1.15 bits per heavy atom. The van der Waals surface area contributed by atoms with Crippen molar-refractivity contribution in [2.75, 3.05) is 25.2 Å². The number of para-hydroxylation sites is 3. The molecule has 0 aliphatic heterocycles. The summed E-state index contributed by atoms with van der Waals surface area (Å²) in [7, 11) is 0. The lowest BCUT2D eigenvalue weighted by molar-refractivity contribution is -0.154. The van der Waals surface area contributed by atoms with Crippen LogP contribution >= 0.6 is 0 Å². The van der Waals surface area contributed by atoms with Crippen molar-refractivity contribution in [2.24, 2.45) is 5.84 Å². The van der Waals surface area contributed by atoms with Crippen molar-refractivity contribution in [3.8, 4) is 11.4 Å². The zero-order valence-corrected chi connectivity index (χ0v) is 30.8. The third-order valence-corrected chi connectivity index (χ3v) is 6.54. The number of benzene rings is 3. The fraction of sp³-hybridized carbons (Fsp3) is 0.256. The number of aryl methyl sites for hydroxylation is 2. The normalized spacial score (nSPS) is 9.72. The summed E-state index contributed by atoms with van der Waals surface area (Å²) in [5, 5.41) is 8.54. The minimum Gasteiger partial charge on any atom is -0.461 e. The molecular formula is C39H46N6O8. The van der Waals surface area contributed by atoms with Gasteiger partial charge in [-0.3, -0.25) is 15.4 Å². The summed E-state index contributed by atoms with van der Waals surface area (Å²) in [5.41, 5.74) is 7.73. The molecule has 0 aliphatic carbocycles. The molecule has 2 aromatic heterocycles. The first-order valence-electron chi connectivity index (χ1n) is 16.7. The second-order valence-electron chi connectivity index (χ2n) is 10.8. The van der Waals surface area contributed by atoms with Crippen LogP contribution in [0.2, 0.25) is 0 Å². The minimum atomic E-state index is -0.928. The number of carbonyl (C=O) groups is 5. The first-order valence-corrected chi connectivity index (χ1v) is 16.7. The molecule has 14 heteroatoms. The van der Waals surface area contributed by atoms with Crippen molar-refractivity contribution in [1.29, 1.82) is 0 Å². The molecule has 53 heavy (non-hydrogen) atoms. The van der Waals surface area contributed by atoms with E-state index in [4.69, 9.17) is 15.3 Å². The zero-order valence-electron chi connectivity index (χ0n) is 30.8. The molecule has 5 rings (SSSR count). The van der Waals surface area contributed by atoms with Gasteiger partial charge in [0.25, 0.3) is 0 Å². The van der Waals surface area contributed by atoms with Crippen molar-refractivity contribution in [1.82, 2.24) is 19.6 Å². The van der Waals surface area contributed by atoms with E-state index >= 15 is 0 Å². The Hall–Kier alpha value is -6.41. The Kier molecular flexibility index (Phi) is 18.7. The fourth-order valence-corrected chi connectivity index (χ4v) is 4.27. The van der Waals surface area contributed by atoms with Crippen LogP contribution in [0.25, 0.3) is 11.4 Å². The summed E-state index contributed by atoms with van der Waals surface area (Å²) in [6, 6.07) is 32.3. The molecule has 280 valence electrons. The lowest BCUT2D eigenvalue weighted by atomic mass is 10.2. The smallest absolute Gasteiger partial charge is 0.375 e. The van der Waals surface area contributed by atoms with Crippen molar-refractivity contribution in [2.45, 2.75) is 48.0 Å². The van der Waals surface area contributed by atoms with E-state index in [1.807, 2.05) is 105 Å². The number of aromatic nitrogens is 4. The average Bonchev–Trinajstić information content (AvgIpc) is 3.76. The van der Waals surface area contributed by atoms with Crippen molar-refractivity contribution in [3.05, 3.63) is 126 Å². The Bertz CT molecular complexity index is 1890. The number of nitrogens with two attached hydrogens (primary N) is 1. The molecule has 0 unspecified atom stereocenters. The summed E-state index contributed by atoms with van der Waals surface area (Å²) in [6.45, 7) is 11.0. The Balaban J connectivity index is 0.000000255. The van der Waals surface area contributed by atoms with Crippen LogP contribution in [0.1, 0.15) is 66.5 Å². The summed E-state index contributed by atoms with van der Waals surface area (Å²) in [4.78, 5) is 54.8. The van der Waals surface area contributed by atoms with E-state index in [0.717, 1.165) is 28.5 Å². The highest BCUT2D eigenvalue weighted by Crippen LogP contribution is 2.14. The van der Waals surface area contributed by atoms with Crippen LogP contribution in [-0.4, -0.2) is 68.9 Å². The summed E-state index contributed by atoms with van der Waals surface area (Å²) >= 11 is 0. The molecule has 3 aromatic carbocycles. The van der Waals surface area contributed by atoms with E-state index in [9.17, 15) is 24.0 Å². The molecular weight excluding hydrogens is 680 g/mol. The van der Waals surface area contributed by atoms with Gasteiger partial charge in [-0.1, -0.05) is 54.6 Å². The number of nitrogen functional groups attached to an aromatic ring is 1. The number of esters is 3. The van der Waals surface area contributed by atoms with Gasteiger partial charge < -0.3 is 19.6 Å².